The van der Waals surface area contributed by atoms with Crippen LogP contribution in [-0.2, 0) is 16.1 Å². The Balaban J connectivity index is 1.70. The van der Waals surface area contributed by atoms with Crippen LogP contribution in [0.25, 0.3) is 11.6 Å². The summed E-state index contributed by atoms with van der Waals surface area (Å²) < 4.78 is 24.7. The molecule has 1 atom stereocenters. The van der Waals surface area contributed by atoms with E-state index in [0.717, 1.165) is 4.80 Å². The van der Waals surface area contributed by atoms with E-state index in [1.165, 1.54) is 35.4 Å². The molecule has 2 amide bonds. The normalized spacial score (nSPS) is 12.4. The molecule has 0 aliphatic heterocycles. The van der Waals surface area contributed by atoms with Gasteiger partial charge in [0.2, 0.25) is 5.82 Å². The minimum Gasteiger partial charge on any atom is -0.467 e. The van der Waals surface area contributed by atoms with Crippen molar-refractivity contribution in [2.45, 2.75) is 45.8 Å². The van der Waals surface area contributed by atoms with Crippen molar-refractivity contribution < 1.29 is 22.8 Å². The summed E-state index contributed by atoms with van der Waals surface area (Å²) in [7, 11) is 0. The molecule has 1 aromatic carbocycles. The largest absolute Gasteiger partial charge is 0.467 e. The average Bonchev–Trinajstić information content (AvgIpc) is 3.53. The molecule has 0 saturated carbocycles. The van der Waals surface area contributed by atoms with Crippen molar-refractivity contribution in [1.82, 2.24) is 25.5 Å². The van der Waals surface area contributed by atoms with E-state index in [4.69, 9.17) is 8.83 Å². The van der Waals surface area contributed by atoms with E-state index in [1.807, 2.05) is 20.8 Å². The van der Waals surface area contributed by atoms with Crippen LogP contribution in [-0.4, -0.2) is 37.6 Å². The smallest absolute Gasteiger partial charge is 0.251 e. The minimum absolute atomic E-state index is 0.215. The van der Waals surface area contributed by atoms with E-state index >= 15 is 0 Å². The highest BCUT2D eigenvalue weighted by Gasteiger charge is 2.36. The second kappa shape index (κ2) is 9.53. The number of amides is 2. The number of tetrazole rings is 1. The molecular formula is C24H25FN6O4. The molecule has 3 heterocycles. The van der Waals surface area contributed by atoms with Gasteiger partial charge in [0.05, 0.1) is 6.26 Å². The molecule has 1 N–H and O–H groups in total. The Morgan fingerprint density at radius 3 is 2.49 bits per heavy atom. The van der Waals surface area contributed by atoms with Crippen LogP contribution in [0.2, 0.25) is 0 Å². The van der Waals surface area contributed by atoms with Crippen LogP contribution >= 0.6 is 0 Å². The maximum Gasteiger partial charge on any atom is 0.251 e. The third-order valence-electron chi connectivity index (χ3n) is 4.88. The fourth-order valence-electron chi connectivity index (χ4n) is 3.46. The summed E-state index contributed by atoms with van der Waals surface area (Å²) in [5.74, 6) is 0.0573. The van der Waals surface area contributed by atoms with Gasteiger partial charge >= 0.3 is 0 Å². The highest BCUT2D eigenvalue weighted by Crippen LogP contribution is 2.29. The first kappa shape index (κ1) is 23.9. The fourth-order valence-corrected chi connectivity index (χ4v) is 3.46. The maximum atomic E-state index is 13.7. The Bertz CT molecular complexity index is 1300. The third kappa shape index (κ3) is 5.62. The summed E-state index contributed by atoms with van der Waals surface area (Å²) >= 11 is 0. The van der Waals surface area contributed by atoms with Crippen molar-refractivity contribution in [1.29, 1.82) is 0 Å². The minimum atomic E-state index is -1.17. The molecule has 4 aromatic rings. The number of hydrogen-bond acceptors (Lipinski definition) is 7. The predicted molar refractivity (Wildman–Crippen MR) is 123 cm³/mol. The van der Waals surface area contributed by atoms with Gasteiger partial charge in [-0.25, -0.2) is 4.39 Å². The quantitative estimate of drug-likeness (QED) is 0.429. The van der Waals surface area contributed by atoms with Crippen molar-refractivity contribution in [3.63, 3.8) is 0 Å². The Kier molecular flexibility index (Phi) is 6.50. The van der Waals surface area contributed by atoms with Gasteiger partial charge in [-0.1, -0.05) is 0 Å². The Labute approximate surface area is 200 Å². The highest BCUT2D eigenvalue weighted by atomic mass is 19.1. The first-order valence-corrected chi connectivity index (χ1v) is 10.9. The van der Waals surface area contributed by atoms with Crippen LogP contribution in [0.5, 0.6) is 0 Å². The van der Waals surface area contributed by atoms with Gasteiger partial charge in [0.25, 0.3) is 11.8 Å². The molecule has 182 valence electrons. The van der Waals surface area contributed by atoms with E-state index in [1.54, 1.807) is 31.2 Å². The zero-order valence-electron chi connectivity index (χ0n) is 19.7. The van der Waals surface area contributed by atoms with E-state index in [0.29, 0.717) is 17.2 Å². The molecule has 11 heteroatoms. The zero-order valence-corrected chi connectivity index (χ0v) is 19.7. The van der Waals surface area contributed by atoms with Gasteiger partial charge in [-0.15, -0.1) is 10.2 Å². The molecule has 0 aliphatic carbocycles. The van der Waals surface area contributed by atoms with Gasteiger partial charge in [-0.05, 0) is 81.4 Å². The van der Waals surface area contributed by atoms with Gasteiger partial charge in [-0.3, -0.25) is 14.5 Å². The maximum absolute atomic E-state index is 13.7. The van der Waals surface area contributed by atoms with Crippen LogP contribution in [0.4, 0.5) is 10.1 Å². The standard InChI is InChI=1S/C24H25FN6O4/c1-15-7-12-19(35-15)22-27-29-30(28-22)14-20(32)31(17-10-8-16(25)9-11-17)21(18-6-5-13-34-18)23(33)26-24(2,3)4/h5-13,21H,14H2,1-4H3,(H,26,33)/t21-/m0/s1. The average molecular weight is 481 g/mol. The first-order chi connectivity index (χ1) is 16.6. The summed E-state index contributed by atoms with van der Waals surface area (Å²) in [5.41, 5.74) is -0.285. The molecular weight excluding hydrogens is 455 g/mol. The van der Waals surface area contributed by atoms with E-state index < -0.39 is 29.2 Å². The predicted octanol–water partition coefficient (Wildman–Crippen LogP) is 3.66. The topological polar surface area (TPSA) is 119 Å². The SMILES string of the molecule is Cc1ccc(-c2nnn(CC(=O)N(c3ccc(F)cc3)[C@H](C(=O)NC(C)(C)C)c3ccco3)n2)o1. The summed E-state index contributed by atoms with van der Waals surface area (Å²) in [6, 6.07) is 10.8. The highest BCUT2D eigenvalue weighted by molar-refractivity contribution is 6.01. The number of aromatic nitrogens is 4. The summed E-state index contributed by atoms with van der Waals surface area (Å²) in [6.07, 6.45) is 1.41. The molecule has 0 aliphatic rings. The Hall–Kier alpha value is -4.28. The van der Waals surface area contributed by atoms with E-state index in [-0.39, 0.29) is 18.1 Å². The fraction of sp³-hybridized carbons (Fsp3) is 0.292. The number of furan rings is 2. The second-order valence-electron chi connectivity index (χ2n) is 8.95. The van der Waals surface area contributed by atoms with Crippen LogP contribution in [0.3, 0.4) is 0 Å². The lowest BCUT2D eigenvalue weighted by atomic mass is 10.1. The van der Waals surface area contributed by atoms with E-state index in [2.05, 4.69) is 20.7 Å². The number of hydrogen-bond donors (Lipinski definition) is 1. The van der Waals surface area contributed by atoms with Gasteiger partial charge in [0.15, 0.2) is 11.8 Å². The second-order valence-corrected chi connectivity index (χ2v) is 8.95. The molecule has 3 aromatic heterocycles. The lowest BCUT2D eigenvalue weighted by Gasteiger charge is -2.32. The lowest BCUT2D eigenvalue weighted by molar-refractivity contribution is -0.128. The number of nitrogens with zero attached hydrogens (tertiary/aromatic N) is 5. The molecule has 4 rings (SSSR count). The number of carbonyl (C=O) groups excluding carboxylic acids is 2. The number of benzene rings is 1. The number of rotatable bonds is 7. The van der Waals surface area contributed by atoms with Gasteiger partial charge in [0, 0.05) is 11.2 Å². The van der Waals surface area contributed by atoms with Gasteiger partial charge in [-0.2, -0.15) is 4.80 Å². The van der Waals surface area contributed by atoms with Crippen molar-refractivity contribution in [2.75, 3.05) is 4.90 Å². The molecule has 0 unspecified atom stereocenters. The molecule has 0 bridgehead atoms. The van der Waals surface area contributed by atoms with Crippen LogP contribution in [0, 0.1) is 12.7 Å². The number of halogens is 1. The van der Waals surface area contributed by atoms with Crippen molar-refractivity contribution in [2.24, 2.45) is 0 Å². The number of carbonyl (C=O) groups is 2. The molecule has 0 spiro atoms. The molecule has 0 fully saturated rings. The Morgan fingerprint density at radius 1 is 1.14 bits per heavy atom. The lowest BCUT2D eigenvalue weighted by Crippen LogP contribution is -2.50. The van der Waals surface area contributed by atoms with Gasteiger partial charge in [0.1, 0.15) is 23.9 Å². The molecule has 0 radical (unpaired) electrons. The van der Waals surface area contributed by atoms with Crippen molar-refractivity contribution in [3.05, 3.63) is 72.1 Å². The summed E-state index contributed by atoms with van der Waals surface area (Å²) in [4.78, 5) is 29.3. The zero-order chi connectivity index (χ0) is 25.2. The number of aryl methyl sites for hydroxylation is 1. The molecule has 35 heavy (non-hydrogen) atoms. The number of nitrogens with one attached hydrogen (secondary N) is 1. The molecule has 10 nitrogen and oxygen atoms in total. The van der Waals surface area contributed by atoms with Crippen LogP contribution in [0.15, 0.2) is 63.6 Å². The first-order valence-electron chi connectivity index (χ1n) is 10.9. The third-order valence-corrected chi connectivity index (χ3v) is 4.88. The monoisotopic (exact) mass is 480 g/mol. The Morgan fingerprint density at radius 2 is 1.89 bits per heavy atom. The van der Waals surface area contributed by atoms with Crippen molar-refractivity contribution in [3.8, 4) is 11.6 Å². The summed E-state index contributed by atoms with van der Waals surface area (Å²) in [5, 5.41) is 15.0. The molecule has 0 saturated heterocycles. The van der Waals surface area contributed by atoms with Gasteiger partial charge < -0.3 is 14.2 Å². The number of anilines is 1. The van der Waals surface area contributed by atoms with E-state index in [9.17, 15) is 14.0 Å². The van der Waals surface area contributed by atoms with Crippen molar-refractivity contribution >= 4 is 17.5 Å². The van der Waals surface area contributed by atoms with Crippen LogP contribution < -0.4 is 10.2 Å². The van der Waals surface area contributed by atoms with Crippen LogP contribution in [0.1, 0.15) is 38.3 Å². The summed E-state index contributed by atoms with van der Waals surface area (Å²) in [6.45, 7) is 6.92.